The molecule has 0 saturated carbocycles. The van der Waals surface area contributed by atoms with Crippen molar-refractivity contribution >= 4 is 5.91 Å². The summed E-state index contributed by atoms with van der Waals surface area (Å²) in [6.07, 6.45) is 3.43. The van der Waals surface area contributed by atoms with Crippen LogP contribution >= 0.6 is 0 Å². The van der Waals surface area contributed by atoms with Crippen molar-refractivity contribution < 1.29 is 9.18 Å². The zero-order valence-corrected chi connectivity index (χ0v) is 14.5. The minimum atomic E-state index is -0.153. The van der Waals surface area contributed by atoms with Crippen molar-refractivity contribution in [2.24, 2.45) is 5.92 Å². The highest BCUT2D eigenvalue weighted by molar-refractivity contribution is 5.94. The molecule has 1 aromatic heterocycles. The molecule has 0 aliphatic carbocycles. The number of benzene rings is 1. The summed E-state index contributed by atoms with van der Waals surface area (Å²) in [5.41, 5.74) is 4.31. The number of hydrogen-bond acceptors (Lipinski definition) is 2. The predicted molar refractivity (Wildman–Crippen MR) is 92.6 cm³/mol. The molecule has 0 spiro atoms. The van der Waals surface area contributed by atoms with Gasteiger partial charge in [-0.2, -0.15) is 0 Å². The number of carbonyl (C=O) groups excluding carboxylic acids is 1. The fourth-order valence-corrected chi connectivity index (χ4v) is 3.22. The third-order valence-electron chi connectivity index (χ3n) is 4.92. The fraction of sp³-hybridized carbons (Fsp3) is 0.400. The Hall–Kier alpha value is -2.23. The Labute approximate surface area is 142 Å². The molecule has 1 aromatic carbocycles. The molecule has 1 atom stereocenters. The van der Waals surface area contributed by atoms with Crippen LogP contribution in [0.3, 0.4) is 0 Å². The highest BCUT2D eigenvalue weighted by Crippen LogP contribution is 2.23. The lowest BCUT2D eigenvalue weighted by Gasteiger charge is -2.17. The quantitative estimate of drug-likeness (QED) is 0.858. The van der Waals surface area contributed by atoms with Crippen LogP contribution in [0.1, 0.15) is 39.2 Å². The van der Waals surface area contributed by atoms with E-state index < -0.39 is 0 Å². The topological polar surface area (TPSA) is 33.2 Å². The average Bonchev–Trinajstić information content (AvgIpc) is 3.01. The second-order valence-electron chi connectivity index (χ2n) is 6.82. The predicted octanol–water partition coefficient (Wildman–Crippen LogP) is 3.85. The molecular weight excluding hydrogens is 303 g/mol. The first-order valence-corrected chi connectivity index (χ1v) is 8.41. The van der Waals surface area contributed by atoms with Crippen LogP contribution in [0.25, 0.3) is 0 Å². The first-order chi connectivity index (χ1) is 11.4. The van der Waals surface area contributed by atoms with Crippen molar-refractivity contribution in [3.63, 3.8) is 0 Å². The summed E-state index contributed by atoms with van der Waals surface area (Å²) in [6, 6.07) is 7.33. The van der Waals surface area contributed by atoms with Gasteiger partial charge < -0.3 is 4.90 Å². The van der Waals surface area contributed by atoms with Gasteiger partial charge in [0.2, 0.25) is 0 Å². The first kappa shape index (κ1) is 16.6. The second kappa shape index (κ2) is 6.71. The molecule has 0 N–H and O–H groups in total. The number of amides is 1. The van der Waals surface area contributed by atoms with E-state index in [0.717, 1.165) is 42.8 Å². The molecule has 0 bridgehead atoms. The van der Waals surface area contributed by atoms with Gasteiger partial charge in [-0.05, 0) is 68.4 Å². The molecular formula is C20H23FN2O. The standard InChI is InChI=1S/C20H23FN2O/c1-13-4-5-16(10-19(13)21)9-17-6-7-23(12-17)20(24)18-8-14(2)15(3)22-11-18/h4-5,8,10-11,17H,6-7,9,12H2,1-3H3. The van der Waals surface area contributed by atoms with Gasteiger partial charge in [0, 0.05) is 25.0 Å². The van der Waals surface area contributed by atoms with E-state index in [0.29, 0.717) is 17.0 Å². The molecule has 1 amide bonds. The number of halogens is 1. The van der Waals surface area contributed by atoms with Crippen LogP contribution in [0.4, 0.5) is 4.39 Å². The minimum absolute atomic E-state index is 0.0446. The van der Waals surface area contributed by atoms with Crippen molar-refractivity contribution in [2.45, 2.75) is 33.6 Å². The van der Waals surface area contributed by atoms with Crippen molar-refractivity contribution in [1.82, 2.24) is 9.88 Å². The molecule has 1 fully saturated rings. The van der Waals surface area contributed by atoms with Crippen LogP contribution in [0.15, 0.2) is 30.5 Å². The molecule has 2 aromatic rings. The zero-order valence-electron chi connectivity index (χ0n) is 14.5. The Kier molecular flexibility index (Phi) is 4.65. The van der Waals surface area contributed by atoms with Gasteiger partial charge in [0.1, 0.15) is 5.82 Å². The van der Waals surface area contributed by atoms with Crippen LogP contribution in [-0.2, 0) is 6.42 Å². The van der Waals surface area contributed by atoms with Crippen molar-refractivity contribution in [2.75, 3.05) is 13.1 Å². The third-order valence-corrected chi connectivity index (χ3v) is 4.92. The summed E-state index contributed by atoms with van der Waals surface area (Å²) in [5, 5.41) is 0. The lowest BCUT2D eigenvalue weighted by Crippen LogP contribution is -2.29. The lowest BCUT2D eigenvalue weighted by atomic mass is 9.98. The number of rotatable bonds is 3. The highest BCUT2D eigenvalue weighted by atomic mass is 19.1. The first-order valence-electron chi connectivity index (χ1n) is 8.41. The van der Waals surface area contributed by atoms with E-state index in [4.69, 9.17) is 0 Å². The molecule has 3 nitrogen and oxygen atoms in total. The van der Waals surface area contributed by atoms with Crippen LogP contribution in [0.2, 0.25) is 0 Å². The minimum Gasteiger partial charge on any atom is -0.338 e. The summed E-state index contributed by atoms with van der Waals surface area (Å²) in [5.74, 6) is 0.276. The van der Waals surface area contributed by atoms with Gasteiger partial charge in [-0.1, -0.05) is 12.1 Å². The molecule has 2 heterocycles. The summed E-state index contributed by atoms with van der Waals surface area (Å²) in [6.45, 7) is 7.16. The van der Waals surface area contributed by atoms with E-state index in [1.54, 1.807) is 19.2 Å². The fourth-order valence-electron chi connectivity index (χ4n) is 3.22. The van der Waals surface area contributed by atoms with Crippen LogP contribution < -0.4 is 0 Å². The maximum Gasteiger partial charge on any atom is 0.255 e. The molecule has 0 radical (unpaired) electrons. The largest absolute Gasteiger partial charge is 0.338 e. The maximum absolute atomic E-state index is 13.7. The molecule has 3 rings (SSSR count). The van der Waals surface area contributed by atoms with E-state index in [1.165, 1.54) is 0 Å². The van der Waals surface area contributed by atoms with E-state index in [9.17, 15) is 9.18 Å². The van der Waals surface area contributed by atoms with Gasteiger partial charge in [0.25, 0.3) is 5.91 Å². The molecule has 1 unspecified atom stereocenters. The van der Waals surface area contributed by atoms with Crippen LogP contribution in [-0.4, -0.2) is 28.9 Å². The third kappa shape index (κ3) is 3.48. The number of pyridine rings is 1. The Morgan fingerprint density at radius 3 is 2.75 bits per heavy atom. The highest BCUT2D eigenvalue weighted by Gasteiger charge is 2.27. The molecule has 1 aliphatic heterocycles. The van der Waals surface area contributed by atoms with E-state index >= 15 is 0 Å². The van der Waals surface area contributed by atoms with Crippen molar-refractivity contribution in [3.05, 3.63) is 64.2 Å². The monoisotopic (exact) mass is 326 g/mol. The van der Waals surface area contributed by atoms with Gasteiger partial charge in [0.05, 0.1) is 5.56 Å². The number of aromatic nitrogens is 1. The molecule has 126 valence electrons. The number of nitrogens with zero attached hydrogens (tertiary/aromatic N) is 2. The summed E-state index contributed by atoms with van der Waals surface area (Å²) >= 11 is 0. The van der Waals surface area contributed by atoms with Crippen LogP contribution in [0, 0.1) is 32.5 Å². The summed E-state index contributed by atoms with van der Waals surface area (Å²) in [4.78, 5) is 18.8. The van der Waals surface area contributed by atoms with Gasteiger partial charge in [0.15, 0.2) is 0 Å². The number of aryl methyl sites for hydroxylation is 3. The number of likely N-dealkylation sites (tertiary alicyclic amines) is 1. The number of carbonyl (C=O) groups is 1. The smallest absolute Gasteiger partial charge is 0.255 e. The Morgan fingerprint density at radius 2 is 2.04 bits per heavy atom. The Morgan fingerprint density at radius 1 is 1.25 bits per heavy atom. The molecule has 4 heteroatoms. The van der Waals surface area contributed by atoms with Gasteiger partial charge in [-0.3, -0.25) is 9.78 Å². The van der Waals surface area contributed by atoms with Gasteiger partial charge in [-0.15, -0.1) is 0 Å². The normalized spacial score (nSPS) is 17.3. The van der Waals surface area contributed by atoms with Crippen molar-refractivity contribution in [3.8, 4) is 0 Å². The Balaban J connectivity index is 1.65. The molecule has 1 saturated heterocycles. The van der Waals surface area contributed by atoms with E-state index in [2.05, 4.69) is 4.98 Å². The lowest BCUT2D eigenvalue weighted by molar-refractivity contribution is 0.0786. The van der Waals surface area contributed by atoms with E-state index in [1.807, 2.05) is 36.9 Å². The maximum atomic E-state index is 13.7. The SMILES string of the molecule is Cc1ccc(CC2CCN(C(=O)c3cnc(C)c(C)c3)C2)cc1F. The zero-order chi connectivity index (χ0) is 17.3. The van der Waals surface area contributed by atoms with Crippen LogP contribution in [0.5, 0.6) is 0 Å². The van der Waals surface area contributed by atoms with Gasteiger partial charge in [-0.25, -0.2) is 4.39 Å². The second-order valence-corrected chi connectivity index (χ2v) is 6.82. The Bertz CT molecular complexity index is 772. The number of hydrogen-bond donors (Lipinski definition) is 0. The summed E-state index contributed by atoms with van der Waals surface area (Å²) < 4.78 is 13.7. The summed E-state index contributed by atoms with van der Waals surface area (Å²) in [7, 11) is 0. The average molecular weight is 326 g/mol. The van der Waals surface area contributed by atoms with Gasteiger partial charge >= 0.3 is 0 Å². The van der Waals surface area contributed by atoms with Crippen molar-refractivity contribution in [1.29, 1.82) is 0 Å². The molecule has 24 heavy (non-hydrogen) atoms. The van der Waals surface area contributed by atoms with E-state index in [-0.39, 0.29) is 11.7 Å². The molecule has 1 aliphatic rings.